The van der Waals surface area contributed by atoms with E-state index in [1.165, 1.54) is 15.6 Å². The third-order valence-electron chi connectivity index (χ3n) is 5.09. The van der Waals surface area contributed by atoms with E-state index in [0.29, 0.717) is 40.1 Å². The molecule has 1 fully saturated rings. The number of hydrogen-bond donors (Lipinski definition) is 1. The maximum Gasteiger partial charge on any atom is 0.230 e. The van der Waals surface area contributed by atoms with Crippen LogP contribution in [0, 0.1) is 5.92 Å². The van der Waals surface area contributed by atoms with Crippen molar-refractivity contribution < 1.29 is 13.2 Å². The number of hydrogen-bond acceptors (Lipinski definition) is 6. The zero-order valence-corrected chi connectivity index (χ0v) is 19.0. The number of nitrogens with one attached hydrogen (secondary N) is 1. The highest BCUT2D eigenvalue weighted by Crippen LogP contribution is 2.28. The molecular weight excluding hydrogens is 456 g/mol. The Morgan fingerprint density at radius 1 is 1.13 bits per heavy atom. The van der Waals surface area contributed by atoms with Gasteiger partial charge < -0.3 is 5.32 Å². The third-order valence-corrected chi connectivity index (χ3v) is 8.04. The van der Waals surface area contributed by atoms with Crippen LogP contribution in [0.1, 0.15) is 18.4 Å². The number of sulfonamides is 1. The van der Waals surface area contributed by atoms with Gasteiger partial charge in [0.1, 0.15) is 5.01 Å². The summed E-state index contributed by atoms with van der Waals surface area (Å²) in [6.07, 6.45) is 1.26. The van der Waals surface area contributed by atoms with Gasteiger partial charge in [0.05, 0.1) is 11.7 Å². The van der Waals surface area contributed by atoms with Gasteiger partial charge in [-0.05, 0) is 30.5 Å². The van der Waals surface area contributed by atoms with Crippen molar-refractivity contribution in [2.75, 3.05) is 18.4 Å². The van der Waals surface area contributed by atoms with Crippen LogP contribution >= 0.6 is 22.9 Å². The van der Waals surface area contributed by atoms with Gasteiger partial charge in [0.25, 0.3) is 0 Å². The summed E-state index contributed by atoms with van der Waals surface area (Å²) < 4.78 is 27.1. The van der Waals surface area contributed by atoms with Gasteiger partial charge in [-0.25, -0.2) is 12.7 Å². The van der Waals surface area contributed by atoms with E-state index >= 15 is 0 Å². The summed E-state index contributed by atoms with van der Waals surface area (Å²) in [5.41, 5.74) is 1.59. The number of nitrogens with zero attached hydrogens (tertiary/aromatic N) is 3. The quantitative estimate of drug-likeness (QED) is 0.579. The fourth-order valence-corrected chi connectivity index (χ4v) is 5.96. The lowest BCUT2D eigenvalue weighted by atomic mass is 9.99. The summed E-state index contributed by atoms with van der Waals surface area (Å²) in [4.78, 5) is 12.8. The highest BCUT2D eigenvalue weighted by Gasteiger charge is 2.32. The molecule has 0 bridgehead atoms. The molecule has 0 aliphatic carbocycles. The molecule has 162 valence electrons. The number of anilines is 1. The number of benzene rings is 2. The molecule has 1 N–H and O–H groups in total. The zero-order chi connectivity index (χ0) is 21.8. The molecule has 1 saturated heterocycles. The fraction of sp³-hybridized carbons (Fsp3) is 0.286. The molecule has 1 amide bonds. The molecule has 1 aliphatic heterocycles. The number of amides is 1. The van der Waals surface area contributed by atoms with E-state index in [1.807, 2.05) is 30.3 Å². The van der Waals surface area contributed by atoms with E-state index < -0.39 is 15.9 Å². The molecule has 31 heavy (non-hydrogen) atoms. The monoisotopic (exact) mass is 476 g/mol. The Morgan fingerprint density at radius 2 is 1.87 bits per heavy atom. The van der Waals surface area contributed by atoms with Gasteiger partial charge in [-0.1, -0.05) is 65.4 Å². The second kappa shape index (κ2) is 9.44. The first-order chi connectivity index (χ1) is 14.9. The molecule has 3 aromatic rings. The average Bonchev–Trinajstić information content (AvgIpc) is 3.24. The van der Waals surface area contributed by atoms with Crippen molar-refractivity contribution in [1.29, 1.82) is 0 Å². The minimum atomic E-state index is -3.54. The van der Waals surface area contributed by atoms with E-state index in [9.17, 15) is 13.2 Å². The summed E-state index contributed by atoms with van der Waals surface area (Å²) >= 11 is 7.17. The van der Waals surface area contributed by atoms with Crippen LogP contribution in [0.15, 0.2) is 54.6 Å². The first kappa shape index (κ1) is 21.9. The minimum absolute atomic E-state index is 0.116. The van der Waals surface area contributed by atoms with E-state index in [4.69, 9.17) is 11.6 Å². The second-order valence-corrected chi connectivity index (χ2v) is 10.7. The molecule has 2 heterocycles. The van der Waals surface area contributed by atoms with E-state index in [1.54, 1.807) is 24.3 Å². The van der Waals surface area contributed by atoms with Gasteiger partial charge in [0.2, 0.25) is 21.1 Å². The van der Waals surface area contributed by atoms with Crippen LogP contribution in [0.25, 0.3) is 10.6 Å². The highest BCUT2D eigenvalue weighted by atomic mass is 35.5. The van der Waals surface area contributed by atoms with E-state index in [0.717, 1.165) is 5.56 Å². The van der Waals surface area contributed by atoms with Gasteiger partial charge in [-0.3, -0.25) is 4.79 Å². The molecule has 0 spiro atoms. The van der Waals surface area contributed by atoms with Crippen molar-refractivity contribution in [3.05, 3.63) is 65.2 Å². The largest absolute Gasteiger partial charge is 0.300 e. The van der Waals surface area contributed by atoms with E-state index in [2.05, 4.69) is 15.5 Å². The normalized spacial score (nSPS) is 17.4. The minimum Gasteiger partial charge on any atom is -0.300 e. The second-order valence-electron chi connectivity index (χ2n) is 7.35. The summed E-state index contributed by atoms with van der Waals surface area (Å²) in [6, 6.07) is 16.3. The smallest absolute Gasteiger partial charge is 0.230 e. The number of piperidine rings is 1. The predicted molar refractivity (Wildman–Crippen MR) is 122 cm³/mol. The topological polar surface area (TPSA) is 92.3 Å². The number of carbonyl (C=O) groups excluding carboxylic acids is 1. The standard InChI is InChI=1S/C21H21ClN4O3S2/c22-18-10-8-15(9-11-18)14-31(28,29)26-12-4-7-17(13-26)19(27)23-21-25-24-20(30-21)16-5-2-1-3-6-16/h1-3,5-6,8-11,17H,4,7,12-14H2,(H,23,25,27)/t17-/m1/s1. The molecule has 0 radical (unpaired) electrons. The maximum atomic E-state index is 12.9. The SMILES string of the molecule is O=C(Nc1nnc(-c2ccccc2)s1)[C@@H]1CCCN(S(=O)(=O)Cc2ccc(Cl)cc2)C1. The van der Waals surface area contributed by atoms with Gasteiger partial charge in [0.15, 0.2) is 0 Å². The summed E-state index contributed by atoms with van der Waals surface area (Å²) in [7, 11) is -3.54. The van der Waals surface area contributed by atoms with Crippen molar-refractivity contribution >= 4 is 44.0 Å². The van der Waals surface area contributed by atoms with Crippen molar-refractivity contribution in [2.45, 2.75) is 18.6 Å². The van der Waals surface area contributed by atoms with Crippen molar-refractivity contribution in [3.63, 3.8) is 0 Å². The molecule has 10 heteroatoms. The molecule has 1 aromatic heterocycles. The van der Waals surface area contributed by atoms with Crippen molar-refractivity contribution in [2.24, 2.45) is 5.92 Å². The number of rotatable bonds is 6. The Balaban J connectivity index is 1.39. The molecular formula is C21H21ClN4O3S2. The van der Waals surface area contributed by atoms with Crippen LogP contribution in [0.2, 0.25) is 5.02 Å². The maximum absolute atomic E-state index is 12.9. The summed E-state index contributed by atoms with van der Waals surface area (Å²) in [6.45, 7) is 0.572. The van der Waals surface area contributed by atoms with Gasteiger partial charge >= 0.3 is 0 Å². The lowest BCUT2D eigenvalue weighted by molar-refractivity contribution is -0.120. The molecule has 4 rings (SSSR count). The van der Waals surface area contributed by atoms with Crippen LogP contribution in [-0.4, -0.2) is 41.9 Å². The van der Waals surface area contributed by atoms with Crippen molar-refractivity contribution in [3.8, 4) is 10.6 Å². The molecule has 0 unspecified atom stereocenters. The molecule has 0 saturated carbocycles. The summed E-state index contributed by atoms with van der Waals surface area (Å²) in [5.74, 6) is -0.782. The summed E-state index contributed by atoms with van der Waals surface area (Å²) in [5, 5.41) is 12.7. The molecule has 1 aliphatic rings. The lowest BCUT2D eigenvalue weighted by Gasteiger charge is -2.31. The van der Waals surface area contributed by atoms with Crippen LogP contribution in [0.3, 0.4) is 0 Å². The lowest BCUT2D eigenvalue weighted by Crippen LogP contribution is -2.44. The third kappa shape index (κ3) is 5.48. The van der Waals surface area contributed by atoms with Gasteiger partial charge in [-0.2, -0.15) is 0 Å². The first-order valence-electron chi connectivity index (χ1n) is 9.83. The first-order valence-corrected chi connectivity index (χ1v) is 12.6. The Hall–Kier alpha value is -2.33. The van der Waals surface area contributed by atoms with Crippen LogP contribution in [0.4, 0.5) is 5.13 Å². The van der Waals surface area contributed by atoms with Gasteiger partial charge in [-0.15, -0.1) is 10.2 Å². The molecule has 7 nitrogen and oxygen atoms in total. The van der Waals surface area contributed by atoms with E-state index in [-0.39, 0.29) is 18.2 Å². The van der Waals surface area contributed by atoms with Crippen molar-refractivity contribution in [1.82, 2.24) is 14.5 Å². The van der Waals surface area contributed by atoms with Crippen LogP contribution < -0.4 is 5.32 Å². The number of aromatic nitrogens is 2. The Kier molecular flexibility index (Phi) is 6.66. The van der Waals surface area contributed by atoms with Crippen LogP contribution in [0.5, 0.6) is 0 Å². The van der Waals surface area contributed by atoms with Gasteiger partial charge in [0, 0.05) is 23.7 Å². The highest BCUT2D eigenvalue weighted by molar-refractivity contribution is 7.88. The fourth-order valence-electron chi connectivity index (χ4n) is 3.47. The molecule has 1 atom stereocenters. The number of carbonyl (C=O) groups is 1. The predicted octanol–water partition coefficient (Wildman–Crippen LogP) is 4.04. The zero-order valence-electron chi connectivity index (χ0n) is 16.6. The molecule has 2 aromatic carbocycles. The Bertz CT molecular complexity index is 1150. The van der Waals surface area contributed by atoms with Crippen LogP contribution in [-0.2, 0) is 20.6 Å². The Morgan fingerprint density at radius 3 is 2.61 bits per heavy atom. The Labute approximate surface area is 190 Å². The average molecular weight is 477 g/mol. The number of halogens is 1.